The molecule has 1 aliphatic rings. The first-order valence-electron chi connectivity index (χ1n) is 2.54. The summed E-state index contributed by atoms with van der Waals surface area (Å²) in [5, 5.41) is 8.57. The zero-order valence-electron chi connectivity index (χ0n) is 4.86. The number of aliphatic hydroxyl groups excluding tert-OH is 1. The number of ether oxygens (including phenoxy) is 1. The van der Waals surface area contributed by atoms with Gasteiger partial charge < -0.3 is 9.84 Å². The summed E-state index contributed by atoms with van der Waals surface area (Å²) >= 11 is 0. The summed E-state index contributed by atoms with van der Waals surface area (Å²) in [4.78, 5) is 31.1. The molecule has 0 radical (unpaired) electrons. The predicted octanol–water partition coefficient (Wildman–Crippen LogP) is -1.96. The van der Waals surface area contributed by atoms with Crippen molar-refractivity contribution in [3.05, 3.63) is 0 Å². The maximum atomic E-state index is 10.4. The molecule has 0 aromatic carbocycles. The highest BCUT2D eigenvalue weighted by Gasteiger charge is 2.36. The van der Waals surface area contributed by atoms with E-state index in [1.54, 1.807) is 0 Å². The van der Waals surface area contributed by atoms with Gasteiger partial charge in [-0.1, -0.05) is 0 Å². The number of rotatable bonds is 0. The third-order valence-corrected chi connectivity index (χ3v) is 1.09. The second-order valence-corrected chi connectivity index (χ2v) is 1.80. The molecular weight excluding hydrogens is 140 g/mol. The Hall–Kier alpha value is -1.23. The highest BCUT2D eigenvalue weighted by atomic mass is 16.6. The Morgan fingerprint density at radius 2 is 2.00 bits per heavy atom. The molecule has 1 rings (SSSR count). The van der Waals surface area contributed by atoms with Gasteiger partial charge in [0, 0.05) is 0 Å². The molecule has 1 fully saturated rings. The molecule has 1 saturated heterocycles. The number of cyclic esters (lactones) is 1. The first kappa shape index (κ1) is 6.88. The van der Waals surface area contributed by atoms with Gasteiger partial charge in [-0.25, -0.2) is 4.79 Å². The van der Waals surface area contributed by atoms with Crippen LogP contribution in [0.1, 0.15) is 0 Å². The Morgan fingerprint density at radius 3 is 2.50 bits per heavy atom. The second-order valence-electron chi connectivity index (χ2n) is 1.80. The Bertz CT molecular complexity index is 206. The predicted molar refractivity (Wildman–Crippen MR) is 27.0 cm³/mol. The minimum Gasteiger partial charge on any atom is -0.455 e. The summed E-state index contributed by atoms with van der Waals surface area (Å²) in [5.74, 6) is -3.01. The van der Waals surface area contributed by atoms with E-state index in [1.165, 1.54) is 0 Å². The maximum absolute atomic E-state index is 10.4. The molecule has 5 heteroatoms. The molecule has 1 aliphatic heterocycles. The van der Waals surface area contributed by atoms with E-state index >= 15 is 0 Å². The van der Waals surface area contributed by atoms with Crippen molar-refractivity contribution in [2.75, 3.05) is 6.61 Å². The molecule has 0 aromatic rings. The fraction of sp³-hybridized carbons (Fsp3) is 0.400. The van der Waals surface area contributed by atoms with Crippen molar-refractivity contribution in [2.24, 2.45) is 0 Å². The van der Waals surface area contributed by atoms with E-state index in [0.29, 0.717) is 0 Å². The van der Waals surface area contributed by atoms with Gasteiger partial charge in [0.15, 0.2) is 6.61 Å². The van der Waals surface area contributed by atoms with E-state index in [4.69, 9.17) is 5.11 Å². The molecule has 0 bridgehead atoms. The summed E-state index contributed by atoms with van der Waals surface area (Å²) in [5.41, 5.74) is 0. The normalized spacial score (nSPS) is 26.5. The number of ketones is 2. The minimum atomic E-state index is -1.90. The highest BCUT2D eigenvalue weighted by molar-refractivity contribution is 6.44. The van der Waals surface area contributed by atoms with Crippen molar-refractivity contribution >= 4 is 17.5 Å². The van der Waals surface area contributed by atoms with Gasteiger partial charge in [0.2, 0.25) is 17.7 Å². The smallest absolute Gasteiger partial charge is 0.343 e. The number of hydrogen-bond donors (Lipinski definition) is 1. The SMILES string of the molecule is O=C1COC(=O)C(O)C1=O. The lowest BCUT2D eigenvalue weighted by Gasteiger charge is -2.12. The fourth-order valence-corrected chi connectivity index (χ4v) is 0.546. The van der Waals surface area contributed by atoms with Gasteiger partial charge in [0.05, 0.1) is 0 Å². The van der Waals surface area contributed by atoms with E-state index in [1.807, 2.05) is 0 Å². The molecule has 1 unspecified atom stereocenters. The van der Waals surface area contributed by atoms with E-state index < -0.39 is 30.2 Å². The lowest BCUT2D eigenvalue weighted by molar-refractivity contribution is -0.168. The van der Waals surface area contributed by atoms with Crippen LogP contribution < -0.4 is 0 Å². The molecule has 5 nitrogen and oxygen atoms in total. The summed E-state index contributed by atoms with van der Waals surface area (Å²) in [7, 11) is 0. The van der Waals surface area contributed by atoms with Gasteiger partial charge in [-0.05, 0) is 0 Å². The quantitative estimate of drug-likeness (QED) is 0.242. The lowest BCUT2D eigenvalue weighted by Crippen LogP contribution is -2.44. The van der Waals surface area contributed by atoms with E-state index in [-0.39, 0.29) is 0 Å². The number of aliphatic hydroxyl groups is 1. The van der Waals surface area contributed by atoms with Gasteiger partial charge >= 0.3 is 5.97 Å². The second kappa shape index (κ2) is 2.18. The molecule has 1 N–H and O–H groups in total. The van der Waals surface area contributed by atoms with Crippen LogP contribution in [-0.2, 0) is 19.1 Å². The van der Waals surface area contributed by atoms with Crippen LogP contribution in [0.2, 0.25) is 0 Å². The monoisotopic (exact) mass is 144 g/mol. The van der Waals surface area contributed by atoms with E-state index in [9.17, 15) is 14.4 Å². The van der Waals surface area contributed by atoms with Gasteiger partial charge in [-0.2, -0.15) is 0 Å². The van der Waals surface area contributed by atoms with Crippen LogP contribution in [0.25, 0.3) is 0 Å². The van der Waals surface area contributed by atoms with Crippen LogP contribution in [0.4, 0.5) is 0 Å². The first-order valence-corrected chi connectivity index (χ1v) is 2.54. The Labute approximate surface area is 55.6 Å². The molecular formula is C5H4O5. The molecule has 0 aromatic heterocycles. The van der Waals surface area contributed by atoms with Crippen LogP contribution in [0, 0.1) is 0 Å². The third kappa shape index (κ3) is 0.906. The van der Waals surface area contributed by atoms with Crippen molar-refractivity contribution in [1.29, 1.82) is 0 Å². The lowest BCUT2D eigenvalue weighted by atomic mass is 10.1. The average molecular weight is 144 g/mol. The molecule has 0 saturated carbocycles. The maximum Gasteiger partial charge on any atom is 0.343 e. The molecule has 54 valence electrons. The minimum absolute atomic E-state index is 0.547. The van der Waals surface area contributed by atoms with Gasteiger partial charge in [0.1, 0.15) is 0 Å². The molecule has 0 spiro atoms. The van der Waals surface area contributed by atoms with Crippen LogP contribution in [0.15, 0.2) is 0 Å². The summed E-state index contributed by atoms with van der Waals surface area (Å²) in [6.45, 7) is -0.547. The van der Waals surface area contributed by atoms with Gasteiger partial charge in [-0.3, -0.25) is 9.59 Å². The first-order chi connectivity index (χ1) is 4.63. The average Bonchev–Trinajstić information content (AvgIpc) is 1.93. The topological polar surface area (TPSA) is 80.7 Å². The highest BCUT2D eigenvalue weighted by Crippen LogP contribution is 1.99. The summed E-state index contributed by atoms with van der Waals surface area (Å²) < 4.78 is 4.11. The Kier molecular flexibility index (Phi) is 1.50. The third-order valence-electron chi connectivity index (χ3n) is 1.09. The summed E-state index contributed by atoms with van der Waals surface area (Å²) in [6, 6.07) is 0. The summed E-state index contributed by atoms with van der Waals surface area (Å²) in [6.07, 6.45) is -1.90. The zero-order valence-corrected chi connectivity index (χ0v) is 4.86. The van der Waals surface area contributed by atoms with Crippen molar-refractivity contribution in [1.82, 2.24) is 0 Å². The zero-order chi connectivity index (χ0) is 7.72. The Balaban J connectivity index is 2.79. The van der Waals surface area contributed by atoms with Crippen LogP contribution >= 0.6 is 0 Å². The van der Waals surface area contributed by atoms with E-state index in [0.717, 1.165) is 0 Å². The van der Waals surface area contributed by atoms with Crippen molar-refractivity contribution in [2.45, 2.75) is 6.10 Å². The molecule has 1 heterocycles. The Morgan fingerprint density at radius 1 is 1.40 bits per heavy atom. The van der Waals surface area contributed by atoms with E-state index in [2.05, 4.69) is 4.74 Å². The molecule has 1 atom stereocenters. The number of hydrogen-bond acceptors (Lipinski definition) is 5. The van der Waals surface area contributed by atoms with Crippen LogP contribution in [-0.4, -0.2) is 35.4 Å². The van der Waals surface area contributed by atoms with Crippen LogP contribution in [0.3, 0.4) is 0 Å². The largest absolute Gasteiger partial charge is 0.455 e. The van der Waals surface area contributed by atoms with Crippen molar-refractivity contribution in [3.63, 3.8) is 0 Å². The number of carbonyl (C=O) groups is 3. The number of Topliss-reactive ketones (excluding diaryl/α,β-unsaturated/α-hetero) is 2. The number of esters is 1. The van der Waals surface area contributed by atoms with Crippen LogP contribution in [0.5, 0.6) is 0 Å². The van der Waals surface area contributed by atoms with Crippen molar-refractivity contribution < 1.29 is 24.2 Å². The fourth-order valence-electron chi connectivity index (χ4n) is 0.546. The molecule has 0 amide bonds. The van der Waals surface area contributed by atoms with Gasteiger partial charge in [-0.15, -0.1) is 0 Å². The molecule has 0 aliphatic carbocycles. The number of carbonyl (C=O) groups excluding carboxylic acids is 3. The van der Waals surface area contributed by atoms with Gasteiger partial charge in [0.25, 0.3) is 0 Å². The molecule has 10 heavy (non-hydrogen) atoms. The standard InChI is InChI=1S/C5H4O5/c6-2-1-10-5(9)4(8)3(2)7/h4,8H,1H2. The van der Waals surface area contributed by atoms with Crippen molar-refractivity contribution in [3.8, 4) is 0 Å².